The van der Waals surface area contributed by atoms with Gasteiger partial charge in [-0.2, -0.15) is 0 Å². The first-order valence-electron chi connectivity index (χ1n) is 7.02. The molecule has 1 aliphatic rings. The van der Waals surface area contributed by atoms with Crippen molar-refractivity contribution in [2.24, 2.45) is 5.41 Å². The highest BCUT2D eigenvalue weighted by Crippen LogP contribution is 2.46. The molecule has 1 heterocycles. The van der Waals surface area contributed by atoms with Crippen LogP contribution in [0.5, 0.6) is 5.75 Å². The first-order valence-corrected chi connectivity index (χ1v) is 7.02. The Labute approximate surface area is 118 Å². The van der Waals surface area contributed by atoms with Crippen LogP contribution in [-0.4, -0.2) is 28.6 Å². The molecule has 2 rings (SSSR count). The van der Waals surface area contributed by atoms with Gasteiger partial charge in [-0.3, -0.25) is 0 Å². The average molecular weight is 279 g/mol. The quantitative estimate of drug-likeness (QED) is 0.639. The number of aromatic nitrogens is 1. The molecule has 1 fully saturated rings. The topological polar surface area (TPSA) is 77.3 Å². The number of nitro groups is 1. The number of ether oxygens (including phenoxy) is 1. The number of nitrogens with one attached hydrogen (secondary N) is 1. The van der Waals surface area contributed by atoms with E-state index in [1.807, 2.05) is 0 Å². The van der Waals surface area contributed by atoms with Crippen LogP contribution in [0.4, 0.5) is 5.82 Å². The van der Waals surface area contributed by atoms with Gasteiger partial charge >= 0.3 is 5.82 Å². The molecule has 6 nitrogen and oxygen atoms in total. The van der Waals surface area contributed by atoms with Crippen LogP contribution in [0.2, 0.25) is 0 Å². The van der Waals surface area contributed by atoms with Crippen molar-refractivity contribution in [3.8, 4) is 5.75 Å². The maximum atomic E-state index is 11.0. The van der Waals surface area contributed by atoms with E-state index in [9.17, 15) is 10.1 Å². The lowest BCUT2D eigenvalue weighted by Gasteiger charge is -2.53. The highest BCUT2D eigenvalue weighted by molar-refractivity contribution is 5.39. The second-order valence-corrected chi connectivity index (χ2v) is 5.39. The maximum Gasteiger partial charge on any atom is 0.406 e. The average Bonchev–Trinajstić information content (AvgIpc) is 2.45. The standard InChI is InChI=1S/C14H21N3O3/c1-4-14(3)11(15-5-2)9-12(14)20-10-7-6-8-16-13(10)17(18)19/h6-8,11-12,15H,4-5,9H2,1-3H3. The Balaban J connectivity index is 2.14. The summed E-state index contributed by atoms with van der Waals surface area (Å²) in [5.41, 5.74) is -0.000278. The fourth-order valence-electron chi connectivity index (χ4n) is 2.80. The van der Waals surface area contributed by atoms with E-state index in [4.69, 9.17) is 4.74 Å². The summed E-state index contributed by atoms with van der Waals surface area (Å²) in [7, 11) is 0. The molecular weight excluding hydrogens is 258 g/mol. The van der Waals surface area contributed by atoms with E-state index in [0.29, 0.717) is 6.04 Å². The van der Waals surface area contributed by atoms with E-state index in [1.165, 1.54) is 6.20 Å². The SMILES string of the molecule is CCNC1CC(Oc2cccnc2[N+](=O)[O-])C1(C)CC. The van der Waals surface area contributed by atoms with Crippen LogP contribution in [0.3, 0.4) is 0 Å². The summed E-state index contributed by atoms with van der Waals surface area (Å²) < 4.78 is 5.88. The van der Waals surface area contributed by atoms with Gasteiger partial charge < -0.3 is 20.2 Å². The van der Waals surface area contributed by atoms with Gasteiger partial charge in [0, 0.05) is 17.9 Å². The Kier molecular flexibility index (Phi) is 4.23. The Morgan fingerprint density at radius 1 is 1.60 bits per heavy atom. The first-order chi connectivity index (χ1) is 9.52. The van der Waals surface area contributed by atoms with Crippen LogP contribution in [0.15, 0.2) is 18.3 Å². The van der Waals surface area contributed by atoms with Crippen LogP contribution in [0.25, 0.3) is 0 Å². The molecule has 1 N–H and O–H groups in total. The van der Waals surface area contributed by atoms with Crippen LogP contribution in [0, 0.1) is 15.5 Å². The zero-order chi connectivity index (χ0) is 14.8. The van der Waals surface area contributed by atoms with Gasteiger partial charge in [0.1, 0.15) is 12.3 Å². The third-order valence-corrected chi connectivity index (χ3v) is 4.39. The molecule has 20 heavy (non-hydrogen) atoms. The Hall–Kier alpha value is -1.69. The number of hydrogen-bond donors (Lipinski definition) is 1. The summed E-state index contributed by atoms with van der Waals surface area (Å²) in [5.74, 6) is 0.0509. The zero-order valence-electron chi connectivity index (χ0n) is 12.1. The second-order valence-electron chi connectivity index (χ2n) is 5.39. The lowest BCUT2D eigenvalue weighted by atomic mass is 9.61. The van der Waals surface area contributed by atoms with Crippen LogP contribution in [-0.2, 0) is 0 Å². The molecule has 3 atom stereocenters. The summed E-state index contributed by atoms with van der Waals surface area (Å²) in [6.45, 7) is 7.28. The molecule has 1 saturated carbocycles. The molecule has 0 bridgehead atoms. The van der Waals surface area contributed by atoms with Gasteiger partial charge in [0.05, 0.1) is 0 Å². The van der Waals surface area contributed by atoms with E-state index in [-0.39, 0.29) is 23.1 Å². The normalized spacial score (nSPS) is 28.8. The predicted octanol–water partition coefficient (Wildman–Crippen LogP) is 2.54. The van der Waals surface area contributed by atoms with Gasteiger partial charge in [-0.15, -0.1) is 0 Å². The summed E-state index contributed by atoms with van der Waals surface area (Å²) >= 11 is 0. The molecule has 0 amide bonds. The van der Waals surface area contributed by atoms with Crippen molar-refractivity contribution in [2.45, 2.75) is 45.8 Å². The second kappa shape index (κ2) is 5.75. The van der Waals surface area contributed by atoms with Gasteiger partial charge in [-0.1, -0.05) is 20.8 Å². The van der Waals surface area contributed by atoms with Gasteiger partial charge in [0.15, 0.2) is 0 Å². The predicted molar refractivity (Wildman–Crippen MR) is 75.8 cm³/mol. The van der Waals surface area contributed by atoms with Crippen molar-refractivity contribution in [3.05, 3.63) is 28.4 Å². The summed E-state index contributed by atoms with van der Waals surface area (Å²) in [4.78, 5) is 14.2. The van der Waals surface area contributed by atoms with Crippen molar-refractivity contribution >= 4 is 5.82 Å². The minimum Gasteiger partial charge on any atom is -0.482 e. The maximum absolute atomic E-state index is 11.0. The number of pyridine rings is 1. The summed E-state index contributed by atoms with van der Waals surface area (Å²) in [5, 5.41) is 14.4. The van der Waals surface area contributed by atoms with Gasteiger partial charge in [-0.25, -0.2) is 0 Å². The minimum absolute atomic E-state index is 0.000278. The Bertz CT molecular complexity index is 494. The smallest absolute Gasteiger partial charge is 0.406 e. The fraction of sp³-hybridized carbons (Fsp3) is 0.643. The van der Waals surface area contributed by atoms with Crippen molar-refractivity contribution in [1.82, 2.24) is 10.3 Å². The molecular formula is C14H21N3O3. The molecule has 1 aromatic heterocycles. The molecule has 0 aliphatic heterocycles. The van der Waals surface area contributed by atoms with Gasteiger partial charge in [-0.05, 0) is 35.0 Å². The Morgan fingerprint density at radius 2 is 2.35 bits per heavy atom. The molecule has 0 radical (unpaired) electrons. The molecule has 1 aromatic rings. The molecule has 0 saturated heterocycles. The van der Waals surface area contributed by atoms with E-state index in [2.05, 4.69) is 31.1 Å². The number of hydrogen-bond acceptors (Lipinski definition) is 5. The molecule has 110 valence electrons. The minimum atomic E-state index is -0.501. The van der Waals surface area contributed by atoms with Crippen LogP contribution >= 0.6 is 0 Å². The van der Waals surface area contributed by atoms with E-state index in [1.54, 1.807) is 12.1 Å². The summed E-state index contributed by atoms with van der Waals surface area (Å²) in [6, 6.07) is 3.67. The number of nitrogens with zero attached hydrogens (tertiary/aromatic N) is 2. The molecule has 0 aromatic carbocycles. The van der Waals surface area contributed by atoms with E-state index >= 15 is 0 Å². The van der Waals surface area contributed by atoms with E-state index < -0.39 is 4.92 Å². The first kappa shape index (κ1) is 14.7. The highest BCUT2D eigenvalue weighted by atomic mass is 16.6. The van der Waals surface area contributed by atoms with Crippen LogP contribution < -0.4 is 10.1 Å². The van der Waals surface area contributed by atoms with Crippen molar-refractivity contribution < 1.29 is 9.66 Å². The molecule has 1 aliphatic carbocycles. The molecule has 3 unspecified atom stereocenters. The van der Waals surface area contributed by atoms with Crippen LogP contribution in [0.1, 0.15) is 33.6 Å². The zero-order valence-corrected chi connectivity index (χ0v) is 12.1. The summed E-state index contributed by atoms with van der Waals surface area (Å²) in [6.07, 6.45) is 3.22. The Morgan fingerprint density at radius 3 is 2.95 bits per heavy atom. The molecule has 6 heteroatoms. The van der Waals surface area contributed by atoms with Gasteiger partial charge in [0.2, 0.25) is 5.75 Å². The molecule has 0 spiro atoms. The third kappa shape index (κ3) is 2.47. The lowest BCUT2D eigenvalue weighted by Crippen LogP contribution is -2.63. The van der Waals surface area contributed by atoms with Crippen molar-refractivity contribution in [2.75, 3.05) is 6.54 Å². The van der Waals surface area contributed by atoms with Crippen molar-refractivity contribution in [3.63, 3.8) is 0 Å². The van der Waals surface area contributed by atoms with Crippen molar-refractivity contribution in [1.29, 1.82) is 0 Å². The largest absolute Gasteiger partial charge is 0.482 e. The van der Waals surface area contributed by atoms with Gasteiger partial charge in [0.25, 0.3) is 0 Å². The fourth-order valence-corrected chi connectivity index (χ4v) is 2.80. The lowest BCUT2D eigenvalue weighted by molar-refractivity contribution is -0.391. The van der Waals surface area contributed by atoms with E-state index in [0.717, 1.165) is 19.4 Å². The number of rotatable bonds is 6. The third-order valence-electron chi connectivity index (χ3n) is 4.39. The monoisotopic (exact) mass is 279 g/mol. The highest BCUT2D eigenvalue weighted by Gasteiger charge is 2.52.